The van der Waals surface area contributed by atoms with Crippen molar-refractivity contribution in [1.82, 2.24) is 19.6 Å². The van der Waals surface area contributed by atoms with E-state index < -0.39 is 24.9 Å². The van der Waals surface area contributed by atoms with Gasteiger partial charge in [0.25, 0.3) is 5.91 Å². The zero-order chi connectivity index (χ0) is 32.5. The Labute approximate surface area is 288 Å². The van der Waals surface area contributed by atoms with Crippen molar-refractivity contribution in [2.24, 2.45) is 5.14 Å². The Bertz CT molecular complexity index is 1840. The van der Waals surface area contributed by atoms with Gasteiger partial charge in [-0.25, -0.2) is 27.0 Å². The number of halogens is 2. The number of piperazine rings is 1. The molecule has 3 aliphatic heterocycles. The van der Waals surface area contributed by atoms with Gasteiger partial charge in [0.15, 0.2) is 11.5 Å². The zero-order valence-electron chi connectivity index (χ0n) is 25.9. The quantitative estimate of drug-likeness (QED) is 0.255. The average molecular weight is 758 g/mol. The van der Waals surface area contributed by atoms with Crippen LogP contribution < -0.4 is 35.3 Å². The first-order valence-electron chi connectivity index (χ1n) is 13.8. The molecule has 3 aliphatic rings. The maximum Gasteiger partial charge on any atom is 0.251 e. The fourth-order valence-electron chi connectivity index (χ4n) is 5.13. The smallest absolute Gasteiger partial charge is 0.251 e. The number of benzene rings is 2. The Kier molecular flexibility index (Phi) is 13.8. The van der Waals surface area contributed by atoms with Crippen molar-refractivity contribution in [1.29, 1.82) is 0 Å². The summed E-state index contributed by atoms with van der Waals surface area (Å²) >= 11 is 5.72. The minimum atomic E-state index is -4.07. The van der Waals surface area contributed by atoms with E-state index in [1.54, 1.807) is 26.4 Å². The summed E-state index contributed by atoms with van der Waals surface area (Å²) in [6.45, 7) is 3.22. The number of sulfonamides is 2. The van der Waals surface area contributed by atoms with E-state index in [1.807, 2.05) is 9.80 Å². The summed E-state index contributed by atoms with van der Waals surface area (Å²) in [5, 5.41) is 8.25. The summed E-state index contributed by atoms with van der Waals surface area (Å²) in [5.41, 5.74) is 7.11. The molecule has 22 heteroatoms. The van der Waals surface area contributed by atoms with Gasteiger partial charge in [-0.3, -0.25) is 4.79 Å². The Morgan fingerprint density at radius 3 is 2.29 bits per heavy atom. The van der Waals surface area contributed by atoms with Crippen LogP contribution in [0.1, 0.15) is 12.8 Å². The highest BCUT2D eigenvalue weighted by atomic mass is 35.5. The van der Waals surface area contributed by atoms with Crippen LogP contribution in [0.15, 0.2) is 34.1 Å². The SMILES string of the molecule is COc1cc2nc(N3CCN(C(=O)C4CCCO4)CC3)nc(N)c2cc1OC.Cl.NS(=O)(=O)c1cc2c(cc1Cl)NCNS2(=O)=O.O.O. The topological polar surface area (TPSA) is 284 Å². The van der Waals surface area contributed by atoms with Crippen molar-refractivity contribution < 1.29 is 46.8 Å². The van der Waals surface area contributed by atoms with Crippen LogP contribution in [0.3, 0.4) is 0 Å². The summed E-state index contributed by atoms with van der Waals surface area (Å²) in [6.07, 6.45) is 1.49. The summed E-state index contributed by atoms with van der Waals surface area (Å²) in [4.78, 5) is 24.9. The van der Waals surface area contributed by atoms with E-state index >= 15 is 0 Å². The molecule has 1 unspecified atom stereocenters. The summed E-state index contributed by atoms with van der Waals surface area (Å²) < 4.78 is 64.1. The zero-order valence-corrected chi connectivity index (χ0v) is 29.1. The Balaban J connectivity index is 0.000000348. The van der Waals surface area contributed by atoms with Crippen LogP contribution in [-0.2, 0) is 29.6 Å². The van der Waals surface area contributed by atoms with Crippen LogP contribution in [0.4, 0.5) is 17.5 Å². The average Bonchev–Trinajstić information content (AvgIpc) is 3.55. The molecule has 18 nitrogen and oxygen atoms in total. The molecule has 10 N–H and O–H groups in total. The van der Waals surface area contributed by atoms with Gasteiger partial charge in [0.05, 0.1) is 37.1 Å². The first-order valence-corrected chi connectivity index (χ1v) is 17.2. The van der Waals surface area contributed by atoms with Gasteiger partial charge < -0.3 is 46.0 Å². The standard InChI is InChI=1S/C19H25N5O4.C7H8ClN3O4S2.ClH.2H2O/c1-26-15-10-12-13(11-16(15)27-2)21-19(22-17(12)20)24-7-5-23(6-8-24)18(25)14-4-3-9-28-14;8-4-1-5-7(2-6(4)16(9,12)13)17(14,15)11-3-10-5;;;/h10-11,14H,3-9H2,1-2H3,(H2,20,21,22);1-2,10-11H,3H2,(H2,9,12,13);1H;2*1H2. The second-order valence-corrected chi connectivity index (χ2v) is 13.9. The Hall–Kier alpha value is -3.47. The molecule has 0 bridgehead atoms. The number of nitrogen functional groups attached to an aromatic ring is 1. The third-order valence-electron chi connectivity index (χ3n) is 7.47. The number of amides is 1. The molecule has 4 heterocycles. The highest BCUT2D eigenvalue weighted by Gasteiger charge is 2.31. The lowest BCUT2D eigenvalue weighted by Crippen LogP contribution is -2.51. The lowest BCUT2D eigenvalue weighted by Gasteiger charge is -2.35. The molecule has 2 saturated heterocycles. The van der Waals surface area contributed by atoms with Gasteiger partial charge in [-0.1, -0.05) is 11.6 Å². The highest BCUT2D eigenvalue weighted by molar-refractivity contribution is 7.90. The lowest BCUT2D eigenvalue weighted by molar-refractivity contribution is -0.141. The van der Waals surface area contributed by atoms with Gasteiger partial charge >= 0.3 is 0 Å². The molecule has 2 fully saturated rings. The molecule has 0 radical (unpaired) electrons. The number of aromatic nitrogens is 2. The minimum Gasteiger partial charge on any atom is -0.493 e. The normalized spacial score (nSPS) is 18.0. The molecular formula is C26H38Cl2N8O10S2. The number of anilines is 3. The molecule has 268 valence electrons. The van der Waals surface area contributed by atoms with Crippen LogP contribution in [0.25, 0.3) is 10.9 Å². The number of hydrogen-bond acceptors (Lipinski definition) is 13. The number of fused-ring (bicyclic) bond motifs is 2. The van der Waals surface area contributed by atoms with E-state index in [9.17, 15) is 21.6 Å². The third kappa shape index (κ3) is 8.57. The number of ether oxygens (including phenoxy) is 3. The fourth-order valence-corrected chi connectivity index (χ4v) is 7.41. The molecule has 0 aliphatic carbocycles. The second kappa shape index (κ2) is 16.3. The Morgan fingerprint density at radius 2 is 1.71 bits per heavy atom. The van der Waals surface area contributed by atoms with E-state index in [0.717, 1.165) is 18.9 Å². The van der Waals surface area contributed by atoms with E-state index in [0.29, 0.717) is 67.0 Å². The van der Waals surface area contributed by atoms with Crippen molar-refractivity contribution in [2.75, 3.05) is 69.6 Å². The number of methoxy groups -OCH3 is 2. The number of nitrogens with one attached hydrogen (secondary N) is 2. The highest BCUT2D eigenvalue weighted by Crippen LogP contribution is 2.35. The first kappa shape index (κ1) is 40.7. The third-order valence-corrected chi connectivity index (χ3v) is 10.3. The maximum atomic E-state index is 12.5. The fraction of sp³-hybridized carbons (Fsp3) is 0.423. The minimum absolute atomic E-state index is 0. The molecule has 1 aromatic heterocycles. The van der Waals surface area contributed by atoms with Gasteiger partial charge in [0.1, 0.15) is 21.7 Å². The van der Waals surface area contributed by atoms with Crippen LogP contribution in [0.2, 0.25) is 5.02 Å². The number of carbonyl (C=O) groups excluding carboxylic acids is 1. The van der Waals surface area contributed by atoms with Crippen molar-refractivity contribution in [3.05, 3.63) is 29.3 Å². The predicted octanol–water partition coefficient (Wildman–Crippen LogP) is -0.522. The van der Waals surface area contributed by atoms with Crippen LogP contribution >= 0.6 is 24.0 Å². The summed E-state index contributed by atoms with van der Waals surface area (Å²) in [5.74, 6) is 2.21. The molecular weight excluding hydrogens is 719 g/mol. The number of nitrogens with two attached hydrogens (primary N) is 2. The van der Waals surface area contributed by atoms with Gasteiger partial charge in [0.2, 0.25) is 26.0 Å². The van der Waals surface area contributed by atoms with Gasteiger partial charge in [-0.05, 0) is 31.0 Å². The lowest BCUT2D eigenvalue weighted by atomic mass is 10.2. The maximum absolute atomic E-state index is 12.5. The molecule has 1 atom stereocenters. The number of nitrogens with zero attached hydrogens (tertiary/aromatic N) is 4. The van der Waals surface area contributed by atoms with E-state index in [2.05, 4.69) is 20.0 Å². The van der Waals surface area contributed by atoms with Crippen molar-refractivity contribution in [2.45, 2.75) is 28.7 Å². The number of rotatable bonds is 5. The second-order valence-electron chi connectivity index (χ2n) is 10.3. The Morgan fingerprint density at radius 1 is 1.06 bits per heavy atom. The molecule has 1 amide bonds. The van der Waals surface area contributed by atoms with Crippen molar-refractivity contribution in [3.63, 3.8) is 0 Å². The van der Waals surface area contributed by atoms with Crippen molar-refractivity contribution in [3.8, 4) is 11.5 Å². The molecule has 3 aromatic rings. The number of hydrogen-bond donors (Lipinski definition) is 4. The van der Waals surface area contributed by atoms with Crippen LogP contribution in [-0.4, -0.2) is 108 Å². The largest absolute Gasteiger partial charge is 0.493 e. The van der Waals surface area contributed by atoms with Crippen LogP contribution in [0, 0.1) is 0 Å². The van der Waals surface area contributed by atoms with E-state index in [-0.39, 0.29) is 57.6 Å². The van der Waals surface area contributed by atoms with Gasteiger partial charge in [0, 0.05) is 44.2 Å². The number of primary sulfonamides is 1. The predicted molar refractivity (Wildman–Crippen MR) is 181 cm³/mol. The van der Waals surface area contributed by atoms with Gasteiger partial charge in [-0.2, -0.15) is 9.71 Å². The summed E-state index contributed by atoms with van der Waals surface area (Å²) in [6, 6.07) is 5.73. The monoisotopic (exact) mass is 756 g/mol. The van der Waals surface area contributed by atoms with Crippen LogP contribution in [0.5, 0.6) is 11.5 Å². The molecule has 48 heavy (non-hydrogen) atoms. The van der Waals surface area contributed by atoms with E-state index in [4.69, 9.17) is 36.7 Å². The molecule has 6 rings (SSSR count). The molecule has 2 aromatic carbocycles. The number of carbonyl (C=O) groups is 1. The molecule has 0 saturated carbocycles. The molecule has 0 spiro atoms. The van der Waals surface area contributed by atoms with Crippen molar-refractivity contribution >= 4 is 78.3 Å². The summed E-state index contributed by atoms with van der Waals surface area (Å²) in [7, 11) is -4.64. The van der Waals surface area contributed by atoms with E-state index in [1.165, 1.54) is 6.07 Å². The first-order chi connectivity index (χ1) is 21.3. The van der Waals surface area contributed by atoms with Gasteiger partial charge in [-0.15, -0.1) is 12.4 Å².